The van der Waals surface area contributed by atoms with Crippen molar-refractivity contribution in [2.45, 2.75) is 98.0 Å². The Morgan fingerprint density at radius 2 is 0.841 bits per heavy atom. The number of anilines is 4. The molecule has 0 unspecified atom stereocenters. The van der Waals surface area contributed by atoms with Gasteiger partial charge in [-0.1, -0.05) is 147 Å². The Morgan fingerprint density at radius 1 is 0.504 bits per heavy atom. The van der Waals surface area contributed by atoms with E-state index < -0.39 is 55.3 Å². The number of carbonyl (C=O) groups is 3. The highest BCUT2D eigenvalue weighted by Gasteiger charge is 2.52. The van der Waals surface area contributed by atoms with Crippen molar-refractivity contribution in [3.8, 4) is 0 Å². The van der Waals surface area contributed by atoms with Gasteiger partial charge in [0, 0.05) is 60.4 Å². The summed E-state index contributed by atoms with van der Waals surface area (Å²) in [4.78, 5) is 41.4. The van der Waals surface area contributed by atoms with Crippen LogP contribution in [-0.4, -0.2) is 164 Å². The molecule has 0 atom stereocenters. The molecule has 3 aliphatic heterocycles. The fraction of sp³-hybridized carbons (Fsp3) is 0.360. The molecule has 3 aliphatic rings. The number of alkyl halides is 6. The summed E-state index contributed by atoms with van der Waals surface area (Å²) in [5.74, 6) is 5.66. The van der Waals surface area contributed by atoms with E-state index in [9.17, 15) is 57.6 Å². The number of halogens is 7. The van der Waals surface area contributed by atoms with Crippen LogP contribution >= 0.6 is 12.4 Å². The third-order valence-corrected chi connectivity index (χ3v) is 19.8. The molecule has 0 bridgehead atoms. The molecular weight excluding hydrogens is 1540 g/mol. The standard InChI is InChI=1S/C20H21F3N4O4S.C19H22N4O2.C17H22N4O2.C12H15F3N4O2S.C6H15NO2.CH4.ClH/c1-15-25-26(11-12-27(15)32(29,30)20(21,22)23)18-9-7-16(8-10-18)13-24-19(28)31-14-17-5-3-2-4-6-17;1-15-20-11-12-23(22-15)18-9-7-16(8-10-18)13-21-19(24)25-14-17-5-3-2-4-6-17;18-10-11-21(19)16-8-6-14(7-9-16)12-20-17(22)23-13-15-4-2-1-3-5-15;1-9-17-18(11-4-2-10(8-16)3-5-11)6-7-19(9)22(20,21)12(13,14)15;1-6(8-4,9-5)7(2)3;;/h2-10H,11-14H2,1H3,(H,24,28);2-10H,11-14H2,1H3,(H,20,22)(H,21,24);1-9H,10-13,18-19H2,(H,20,22);2-5H,6-8,16H2,1H3;1-5H3;1H4;1H. The average Bonchev–Trinajstić information content (AvgIpc) is 0.782. The molecule has 3 heterocycles. The lowest BCUT2D eigenvalue weighted by Gasteiger charge is -2.33. The maximum atomic E-state index is 12.8. The van der Waals surface area contributed by atoms with E-state index in [-0.39, 0.29) is 92.7 Å². The molecule has 0 saturated heterocycles. The Hall–Kier alpha value is -10.5. The number of alkyl carbamates (subject to hydrolysis) is 3. The number of nitrogens with two attached hydrogens (primary N) is 3. The SMILES string of the molecule is C.CC1=NCCN(c2ccc(CNC(=O)OCc3ccccc3)cc2)N1.CC1=NN(c2ccc(CN)cc2)CCN1S(=O)(=O)C(F)(F)F.CC1=NN(c2ccc(CNC(=O)OCc3ccccc3)cc2)CCN1S(=O)(=O)C(F)(F)F.COC(C)(OC)N(C)C.Cl.NCCN(N)c1ccc(CNC(=O)OCc2ccccc2)cc1. The molecule has 10 N–H and O–H groups in total. The highest BCUT2D eigenvalue weighted by molar-refractivity contribution is 7.90. The second-order valence-corrected chi connectivity index (χ2v) is 28.3. The van der Waals surface area contributed by atoms with Crippen molar-refractivity contribution in [3.05, 3.63) is 227 Å². The molecule has 618 valence electrons. The van der Waals surface area contributed by atoms with E-state index in [1.54, 1.807) is 67.8 Å². The van der Waals surface area contributed by atoms with Crippen LogP contribution in [0.2, 0.25) is 0 Å². The third kappa shape index (κ3) is 30.2. The Labute approximate surface area is 662 Å². The molecule has 113 heavy (non-hydrogen) atoms. The Kier molecular flexibility index (Phi) is 38.5. The quantitative estimate of drug-likeness (QED) is 0.00971. The molecule has 0 saturated carbocycles. The molecule has 38 heteroatoms. The molecule has 0 aromatic heterocycles. The monoisotopic (exact) mass is 1640 g/mol. The van der Waals surface area contributed by atoms with Gasteiger partial charge in [-0.25, -0.2) is 28.8 Å². The smallest absolute Gasteiger partial charge is 0.445 e. The molecule has 7 aromatic rings. The minimum atomic E-state index is -5.48. The van der Waals surface area contributed by atoms with Gasteiger partial charge in [-0.3, -0.25) is 30.3 Å². The maximum absolute atomic E-state index is 12.8. The van der Waals surface area contributed by atoms with Crippen LogP contribution in [0.25, 0.3) is 0 Å². The van der Waals surface area contributed by atoms with Crippen molar-refractivity contribution in [2.75, 3.05) is 101 Å². The molecule has 0 fully saturated rings. The van der Waals surface area contributed by atoms with Gasteiger partial charge in [0.15, 0.2) is 0 Å². The summed E-state index contributed by atoms with van der Waals surface area (Å²) in [5, 5.41) is 22.6. The van der Waals surface area contributed by atoms with Gasteiger partial charge in [-0.2, -0.15) is 53.4 Å². The number of nitrogens with one attached hydrogen (secondary N) is 4. The van der Waals surface area contributed by atoms with E-state index in [0.29, 0.717) is 44.1 Å². The third-order valence-electron chi connectivity index (χ3n) is 16.5. The highest BCUT2D eigenvalue weighted by Crippen LogP contribution is 2.31. The first kappa shape index (κ1) is 94.9. The van der Waals surface area contributed by atoms with Gasteiger partial charge in [-0.15, -0.1) is 12.4 Å². The average molecular weight is 1650 g/mol. The molecule has 0 spiro atoms. The van der Waals surface area contributed by atoms with Gasteiger partial charge in [0.1, 0.15) is 37.3 Å². The number of methoxy groups -OCH3 is 2. The number of amides is 3. The number of sulfonamides is 2. The summed E-state index contributed by atoms with van der Waals surface area (Å²) in [6.07, 6.45) is -1.43. The van der Waals surface area contributed by atoms with E-state index >= 15 is 0 Å². The molecule has 7 aromatic carbocycles. The molecule has 0 radical (unpaired) electrons. The predicted molar refractivity (Wildman–Crippen MR) is 427 cm³/mol. The first-order valence-electron chi connectivity index (χ1n) is 34.5. The van der Waals surface area contributed by atoms with Gasteiger partial charge < -0.3 is 56.1 Å². The van der Waals surface area contributed by atoms with Crippen LogP contribution < -0.4 is 58.7 Å². The number of carbonyl (C=O) groups excluding carboxylic acids is 3. The first-order valence-corrected chi connectivity index (χ1v) is 37.4. The minimum absolute atomic E-state index is 0. The molecule has 3 amide bonds. The number of hydrazine groups is 2. The van der Waals surface area contributed by atoms with Crippen LogP contribution in [0.3, 0.4) is 0 Å². The fourth-order valence-electron chi connectivity index (χ4n) is 10.0. The number of hydrazone groups is 2. The summed E-state index contributed by atoms with van der Waals surface area (Å²) in [5.41, 5.74) is 13.1. The fourth-order valence-corrected chi connectivity index (χ4v) is 11.9. The summed E-state index contributed by atoms with van der Waals surface area (Å²) in [6.45, 7) is 10.3. The highest BCUT2D eigenvalue weighted by atomic mass is 35.5. The summed E-state index contributed by atoms with van der Waals surface area (Å²) < 4.78 is 148. The van der Waals surface area contributed by atoms with Crippen molar-refractivity contribution < 1.29 is 81.2 Å². The minimum Gasteiger partial charge on any atom is -0.445 e. The summed E-state index contributed by atoms with van der Waals surface area (Å²) >= 11 is 0. The van der Waals surface area contributed by atoms with Crippen molar-refractivity contribution in [2.24, 2.45) is 32.5 Å². The zero-order valence-corrected chi connectivity index (χ0v) is 65.5. The Bertz CT molecular complexity index is 4360. The first-order chi connectivity index (χ1) is 52.7. The largest absolute Gasteiger partial charge is 0.516 e. The summed E-state index contributed by atoms with van der Waals surface area (Å²) in [6, 6.07) is 57.8. The number of hydrogen-bond acceptors (Lipinski definition) is 24. The lowest BCUT2D eigenvalue weighted by Crippen LogP contribution is -2.50. The van der Waals surface area contributed by atoms with Crippen LogP contribution in [0.4, 0.5) is 63.5 Å². The predicted octanol–water partition coefficient (Wildman–Crippen LogP) is 11.0. The lowest BCUT2D eigenvalue weighted by molar-refractivity contribution is -0.270. The van der Waals surface area contributed by atoms with Crippen LogP contribution in [0.5, 0.6) is 0 Å². The van der Waals surface area contributed by atoms with Crippen molar-refractivity contribution >= 4 is 91.0 Å². The second-order valence-electron chi connectivity index (χ2n) is 24.6. The van der Waals surface area contributed by atoms with Gasteiger partial charge in [0.25, 0.3) is 0 Å². The van der Waals surface area contributed by atoms with Gasteiger partial charge in [-0.05, 0) is 122 Å². The lowest BCUT2D eigenvalue weighted by atomic mass is 10.2. The Balaban J connectivity index is 0.000000307. The van der Waals surface area contributed by atoms with Crippen LogP contribution in [0, 0.1) is 0 Å². The van der Waals surface area contributed by atoms with Crippen molar-refractivity contribution in [3.63, 3.8) is 0 Å². The second kappa shape index (κ2) is 45.9. The molecular formula is C75H100ClF6N17O12S2. The van der Waals surface area contributed by atoms with Crippen LogP contribution in [-0.2, 0) is 89.7 Å². The van der Waals surface area contributed by atoms with Crippen molar-refractivity contribution in [1.29, 1.82) is 0 Å². The molecule has 29 nitrogen and oxygen atoms in total. The normalized spacial score (nSPS) is 13.5. The van der Waals surface area contributed by atoms with E-state index in [4.69, 9.17) is 41.0 Å². The summed E-state index contributed by atoms with van der Waals surface area (Å²) in [7, 11) is -3.86. The number of rotatable bonds is 24. The van der Waals surface area contributed by atoms with Gasteiger partial charge in [0.05, 0.1) is 62.0 Å². The number of benzene rings is 7. The van der Waals surface area contributed by atoms with E-state index in [1.165, 1.54) is 23.9 Å². The van der Waals surface area contributed by atoms with E-state index in [0.717, 1.165) is 69.2 Å². The zero-order valence-electron chi connectivity index (χ0n) is 63.1. The number of aliphatic imine (C=N–C) groups is 1. The van der Waals surface area contributed by atoms with Crippen LogP contribution in [0.1, 0.15) is 74.1 Å². The number of amidine groups is 3. The van der Waals surface area contributed by atoms with E-state index in [1.807, 2.05) is 172 Å². The van der Waals surface area contributed by atoms with E-state index in [2.05, 4.69) is 41.6 Å². The van der Waals surface area contributed by atoms with Gasteiger partial charge in [0.2, 0.25) is 5.91 Å². The molecule has 0 aliphatic carbocycles. The van der Waals surface area contributed by atoms with Crippen LogP contribution in [0.15, 0.2) is 203 Å². The Morgan fingerprint density at radius 3 is 1.13 bits per heavy atom. The zero-order chi connectivity index (χ0) is 81.4. The number of nitrogens with zero attached hydrogens (tertiary/aromatic N) is 10. The topological polar surface area (TPSA) is 352 Å². The van der Waals surface area contributed by atoms with Crippen molar-refractivity contribution in [1.82, 2.24) is 34.9 Å². The molecule has 10 rings (SSSR count). The number of hydrogen-bond donors (Lipinski definition) is 7. The van der Waals surface area contributed by atoms with Gasteiger partial charge >= 0.3 is 49.3 Å². The number of ether oxygens (including phenoxy) is 5. The maximum Gasteiger partial charge on any atom is 0.516 e.